The van der Waals surface area contributed by atoms with Crippen molar-refractivity contribution < 1.29 is 0 Å². The number of hydrogen-bond acceptors (Lipinski definition) is 4. The first kappa shape index (κ1) is 20.7. The van der Waals surface area contributed by atoms with Crippen LogP contribution in [0.25, 0.3) is 0 Å². The summed E-state index contributed by atoms with van der Waals surface area (Å²) in [6.07, 6.45) is 8.97. The molecule has 1 unspecified atom stereocenters. The Labute approximate surface area is 158 Å². The van der Waals surface area contributed by atoms with Crippen LogP contribution in [0.5, 0.6) is 0 Å². The fraction of sp³-hybridized carbons (Fsp3) is 0.789. The summed E-state index contributed by atoms with van der Waals surface area (Å²) in [5.74, 6) is 0.896. The molecule has 2 heterocycles. The average molecular weight is 364 g/mol. The Bertz CT molecular complexity index is 544. The molecule has 7 nitrogen and oxygen atoms in total. The van der Waals surface area contributed by atoms with Gasteiger partial charge in [0.25, 0.3) is 0 Å². The SMILES string of the molecule is CCCCN1CCC(NC(=NC)NCC(c2cnn(C)c2)N(C)C)CC1. The van der Waals surface area contributed by atoms with Gasteiger partial charge in [-0.15, -0.1) is 0 Å². The van der Waals surface area contributed by atoms with Gasteiger partial charge < -0.3 is 20.4 Å². The second-order valence-corrected chi connectivity index (χ2v) is 7.49. The number of likely N-dealkylation sites (N-methyl/N-ethyl adjacent to an activating group) is 1. The zero-order valence-electron chi connectivity index (χ0n) is 17.2. The lowest BCUT2D eigenvalue weighted by Gasteiger charge is -2.33. The Balaban J connectivity index is 1.80. The molecule has 1 aliphatic rings. The molecule has 1 aliphatic heterocycles. The third-order valence-corrected chi connectivity index (χ3v) is 5.18. The van der Waals surface area contributed by atoms with Gasteiger partial charge in [0, 0.05) is 51.5 Å². The summed E-state index contributed by atoms with van der Waals surface area (Å²) >= 11 is 0. The summed E-state index contributed by atoms with van der Waals surface area (Å²) in [4.78, 5) is 9.22. The van der Waals surface area contributed by atoms with E-state index in [-0.39, 0.29) is 6.04 Å². The van der Waals surface area contributed by atoms with E-state index in [2.05, 4.69) is 57.7 Å². The third-order valence-electron chi connectivity index (χ3n) is 5.18. The van der Waals surface area contributed by atoms with Crippen molar-refractivity contribution in [3.05, 3.63) is 18.0 Å². The normalized spacial score (nSPS) is 18.3. The number of rotatable bonds is 8. The van der Waals surface area contributed by atoms with Gasteiger partial charge in [-0.1, -0.05) is 13.3 Å². The smallest absolute Gasteiger partial charge is 0.191 e. The predicted molar refractivity (Wildman–Crippen MR) is 109 cm³/mol. The van der Waals surface area contributed by atoms with E-state index in [9.17, 15) is 0 Å². The number of unbranched alkanes of at least 4 members (excludes halogenated alkanes) is 1. The maximum Gasteiger partial charge on any atom is 0.191 e. The summed E-state index contributed by atoms with van der Waals surface area (Å²) in [5.41, 5.74) is 1.21. The molecule has 0 bridgehead atoms. The molecule has 0 amide bonds. The molecule has 1 atom stereocenters. The van der Waals surface area contributed by atoms with Crippen LogP contribution in [0.1, 0.15) is 44.2 Å². The van der Waals surface area contributed by atoms with E-state index in [1.165, 1.54) is 50.9 Å². The molecule has 0 saturated carbocycles. The van der Waals surface area contributed by atoms with Crippen molar-refractivity contribution in [2.75, 3.05) is 47.3 Å². The Morgan fingerprint density at radius 1 is 1.38 bits per heavy atom. The number of nitrogens with zero attached hydrogens (tertiary/aromatic N) is 5. The second-order valence-electron chi connectivity index (χ2n) is 7.49. The second kappa shape index (κ2) is 10.5. The minimum atomic E-state index is 0.262. The first-order valence-electron chi connectivity index (χ1n) is 9.88. The first-order valence-corrected chi connectivity index (χ1v) is 9.88. The van der Waals surface area contributed by atoms with Crippen molar-refractivity contribution in [2.24, 2.45) is 12.0 Å². The van der Waals surface area contributed by atoms with Crippen molar-refractivity contribution in [2.45, 2.75) is 44.7 Å². The highest BCUT2D eigenvalue weighted by Gasteiger charge is 2.21. The minimum absolute atomic E-state index is 0.262. The molecule has 2 rings (SSSR count). The molecule has 0 radical (unpaired) electrons. The van der Waals surface area contributed by atoms with Gasteiger partial charge in [0.2, 0.25) is 0 Å². The molecule has 2 N–H and O–H groups in total. The van der Waals surface area contributed by atoms with E-state index in [1.807, 2.05) is 25.0 Å². The van der Waals surface area contributed by atoms with Crippen LogP contribution < -0.4 is 10.6 Å². The van der Waals surface area contributed by atoms with Gasteiger partial charge in [0.1, 0.15) is 0 Å². The number of likely N-dealkylation sites (tertiary alicyclic amines) is 1. The summed E-state index contributed by atoms with van der Waals surface area (Å²) in [6, 6.07) is 0.772. The number of guanidine groups is 1. The van der Waals surface area contributed by atoms with Crippen LogP contribution in [0.15, 0.2) is 17.4 Å². The van der Waals surface area contributed by atoms with Crippen LogP contribution in [0.4, 0.5) is 0 Å². The monoisotopic (exact) mass is 363 g/mol. The highest BCUT2D eigenvalue weighted by Crippen LogP contribution is 2.16. The van der Waals surface area contributed by atoms with Crippen molar-refractivity contribution >= 4 is 5.96 Å². The van der Waals surface area contributed by atoms with Crippen LogP contribution >= 0.6 is 0 Å². The van der Waals surface area contributed by atoms with Crippen LogP contribution in [0.2, 0.25) is 0 Å². The molecule has 0 aliphatic carbocycles. The Morgan fingerprint density at radius 3 is 2.65 bits per heavy atom. The van der Waals surface area contributed by atoms with Crippen molar-refractivity contribution in [1.29, 1.82) is 0 Å². The van der Waals surface area contributed by atoms with E-state index in [0.717, 1.165) is 12.5 Å². The Kier molecular flexibility index (Phi) is 8.38. The summed E-state index contributed by atoms with van der Waals surface area (Å²) in [7, 11) is 8.00. The van der Waals surface area contributed by atoms with Gasteiger partial charge in [0.05, 0.1) is 12.2 Å². The fourth-order valence-corrected chi connectivity index (χ4v) is 3.47. The van der Waals surface area contributed by atoms with Gasteiger partial charge in [0.15, 0.2) is 5.96 Å². The molecule has 1 aromatic rings. The molecule has 7 heteroatoms. The van der Waals surface area contributed by atoms with Gasteiger partial charge >= 0.3 is 0 Å². The van der Waals surface area contributed by atoms with Crippen LogP contribution in [-0.2, 0) is 7.05 Å². The Hall–Kier alpha value is -1.60. The molecule has 1 fully saturated rings. The fourth-order valence-electron chi connectivity index (χ4n) is 3.47. The lowest BCUT2D eigenvalue weighted by Crippen LogP contribution is -2.49. The standard InChI is InChI=1S/C19H37N7/c1-6-7-10-26-11-8-17(9-12-26)23-19(20-2)21-14-18(24(3)4)16-13-22-25(5)15-16/h13,15,17-18H,6-12,14H2,1-5H3,(H2,20,21,23). The highest BCUT2D eigenvalue weighted by atomic mass is 15.3. The lowest BCUT2D eigenvalue weighted by atomic mass is 10.0. The summed E-state index contributed by atoms with van der Waals surface area (Å²) < 4.78 is 1.85. The van der Waals surface area contributed by atoms with E-state index < -0.39 is 0 Å². The number of aliphatic imine (C=N–C) groups is 1. The molecule has 0 spiro atoms. The molecular weight excluding hydrogens is 326 g/mol. The molecule has 1 aromatic heterocycles. The average Bonchev–Trinajstić information content (AvgIpc) is 3.06. The van der Waals surface area contributed by atoms with E-state index in [0.29, 0.717) is 6.04 Å². The largest absolute Gasteiger partial charge is 0.354 e. The van der Waals surface area contributed by atoms with Gasteiger partial charge in [-0.2, -0.15) is 5.10 Å². The molecule has 148 valence electrons. The van der Waals surface area contributed by atoms with E-state index >= 15 is 0 Å². The molecule has 1 saturated heterocycles. The number of nitrogens with one attached hydrogen (secondary N) is 2. The van der Waals surface area contributed by atoms with Gasteiger partial charge in [-0.05, 0) is 39.9 Å². The van der Waals surface area contributed by atoms with Crippen LogP contribution in [0.3, 0.4) is 0 Å². The third kappa shape index (κ3) is 6.29. The van der Waals surface area contributed by atoms with Crippen molar-refractivity contribution in [1.82, 2.24) is 30.2 Å². The minimum Gasteiger partial charge on any atom is -0.354 e. The lowest BCUT2D eigenvalue weighted by molar-refractivity contribution is 0.203. The van der Waals surface area contributed by atoms with E-state index in [1.54, 1.807) is 0 Å². The zero-order valence-corrected chi connectivity index (χ0v) is 17.2. The van der Waals surface area contributed by atoms with E-state index in [4.69, 9.17) is 0 Å². The van der Waals surface area contributed by atoms with Gasteiger partial charge in [-0.25, -0.2) is 0 Å². The number of aromatic nitrogens is 2. The Morgan fingerprint density at radius 2 is 2.12 bits per heavy atom. The topological polar surface area (TPSA) is 60.7 Å². The molecule has 26 heavy (non-hydrogen) atoms. The quantitative estimate of drug-likeness (QED) is 0.541. The first-order chi connectivity index (χ1) is 12.5. The van der Waals surface area contributed by atoms with Crippen molar-refractivity contribution in [3.63, 3.8) is 0 Å². The predicted octanol–water partition coefficient (Wildman–Crippen LogP) is 1.45. The highest BCUT2D eigenvalue weighted by molar-refractivity contribution is 5.80. The van der Waals surface area contributed by atoms with Crippen LogP contribution in [0, 0.1) is 0 Å². The molecule has 0 aromatic carbocycles. The maximum absolute atomic E-state index is 4.42. The maximum atomic E-state index is 4.42. The number of hydrogen-bond donors (Lipinski definition) is 2. The van der Waals surface area contributed by atoms with Gasteiger partial charge in [-0.3, -0.25) is 9.67 Å². The summed E-state index contributed by atoms with van der Waals surface area (Å²) in [5, 5.41) is 11.4. The number of aryl methyl sites for hydroxylation is 1. The van der Waals surface area contributed by atoms with Crippen molar-refractivity contribution in [3.8, 4) is 0 Å². The zero-order chi connectivity index (χ0) is 18.9. The number of piperidine rings is 1. The summed E-state index contributed by atoms with van der Waals surface area (Å²) in [6.45, 7) is 6.67. The van der Waals surface area contributed by atoms with Crippen LogP contribution in [-0.4, -0.2) is 78.9 Å². The molecular formula is C19H37N7.